The predicted octanol–water partition coefficient (Wildman–Crippen LogP) is 1.75. The minimum Gasteiger partial charge on any atom is -0.445 e. The highest BCUT2D eigenvalue weighted by molar-refractivity contribution is 6.43. The van der Waals surface area contributed by atoms with E-state index in [-0.39, 0.29) is 18.1 Å². The third-order valence-electron chi connectivity index (χ3n) is 4.24. The molecule has 6 nitrogen and oxygen atoms in total. The third-order valence-corrected chi connectivity index (χ3v) is 4.24. The summed E-state index contributed by atoms with van der Waals surface area (Å²) in [6, 6.07) is 6.06. The van der Waals surface area contributed by atoms with Crippen LogP contribution in [-0.4, -0.2) is 40.9 Å². The van der Waals surface area contributed by atoms with Crippen LogP contribution in [0.2, 0.25) is 0 Å². The van der Waals surface area contributed by atoms with Gasteiger partial charge >= 0.3 is 0 Å². The van der Waals surface area contributed by atoms with Gasteiger partial charge in [-0.2, -0.15) is 0 Å². The Morgan fingerprint density at radius 1 is 1.28 bits per heavy atom. The molecule has 0 aliphatic carbocycles. The second kappa shape index (κ2) is 6.58. The van der Waals surface area contributed by atoms with Gasteiger partial charge in [0.15, 0.2) is 11.7 Å². The molecule has 3 rings (SSSR count). The minimum atomic E-state index is -1.04. The first kappa shape index (κ1) is 17.0. The van der Waals surface area contributed by atoms with Crippen LogP contribution in [0.25, 0.3) is 0 Å². The third kappa shape index (κ3) is 3.35. The second-order valence-corrected chi connectivity index (χ2v) is 6.10. The maximum Gasteiger partial charge on any atom is 0.290 e. The summed E-state index contributed by atoms with van der Waals surface area (Å²) in [5.41, 5.74) is 0.988. The summed E-state index contributed by atoms with van der Waals surface area (Å²) in [7, 11) is 1.48. The van der Waals surface area contributed by atoms with E-state index in [0.29, 0.717) is 24.5 Å². The van der Waals surface area contributed by atoms with Gasteiger partial charge in [0.2, 0.25) is 5.78 Å². The molecule has 130 valence electrons. The predicted molar refractivity (Wildman–Crippen MR) is 85.5 cm³/mol. The van der Waals surface area contributed by atoms with Crippen molar-refractivity contribution < 1.29 is 23.2 Å². The lowest BCUT2D eigenvalue weighted by atomic mass is 9.97. The van der Waals surface area contributed by atoms with Gasteiger partial charge in [0, 0.05) is 26.9 Å². The Labute approximate surface area is 143 Å². The highest BCUT2D eigenvalue weighted by Gasteiger charge is 2.43. The van der Waals surface area contributed by atoms with Crippen molar-refractivity contribution in [1.82, 2.24) is 9.88 Å². The van der Waals surface area contributed by atoms with Crippen LogP contribution < -0.4 is 0 Å². The van der Waals surface area contributed by atoms with Crippen molar-refractivity contribution in [2.75, 3.05) is 13.6 Å². The molecule has 1 amide bonds. The van der Waals surface area contributed by atoms with Gasteiger partial charge in [0.1, 0.15) is 23.2 Å². The Bertz CT molecular complexity index is 841. The fraction of sp³-hybridized carbons (Fsp3) is 0.333. The number of amides is 1. The Morgan fingerprint density at radius 2 is 1.96 bits per heavy atom. The molecule has 0 saturated carbocycles. The smallest absolute Gasteiger partial charge is 0.290 e. The number of carbonyl (C=O) groups is 3. The summed E-state index contributed by atoms with van der Waals surface area (Å²) < 4.78 is 18.5. The lowest BCUT2D eigenvalue weighted by Gasteiger charge is -2.07. The zero-order valence-corrected chi connectivity index (χ0v) is 13.9. The van der Waals surface area contributed by atoms with Crippen LogP contribution in [0.3, 0.4) is 0 Å². The number of aromatic nitrogens is 1. The van der Waals surface area contributed by atoms with E-state index in [1.807, 2.05) is 0 Å². The average Bonchev–Trinajstić information content (AvgIpc) is 3.08. The molecule has 7 heteroatoms. The van der Waals surface area contributed by atoms with E-state index < -0.39 is 23.4 Å². The maximum absolute atomic E-state index is 13.0. The van der Waals surface area contributed by atoms with E-state index in [0.717, 1.165) is 5.56 Å². The summed E-state index contributed by atoms with van der Waals surface area (Å²) in [5.74, 6) is -2.52. The number of hydrogen-bond donors (Lipinski definition) is 0. The van der Waals surface area contributed by atoms with Crippen molar-refractivity contribution in [1.29, 1.82) is 0 Å². The van der Waals surface area contributed by atoms with Gasteiger partial charge in [0.25, 0.3) is 5.91 Å². The highest BCUT2D eigenvalue weighted by Crippen LogP contribution is 2.22. The molecule has 1 aromatic heterocycles. The molecule has 0 bridgehead atoms. The summed E-state index contributed by atoms with van der Waals surface area (Å²) in [4.78, 5) is 41.6. The number of ketones is 2. The van der Waals surface area contributed by atoms with E-state index in [4.69, 9.17) is 4.42 Å². The van der Waals surface area contributed by atoms with Crippen molar-refractivity contribution in [3.05, 3.63) is 53.0 Å². The molecule has 1 aliphatic rings. The SMILES string of the molecule is Cc1nc(C(=O)C2CN(C)C(=O)C2=O)c(CCc2ccc(F)cc2)o1. The van der Waals surface area contributed by atoms with Crippen LogP contribution in [0.1, 0.15) is 27.7 Å². The monoisotopic (exact) mass is 344 g/mol. The zero-order chi connectivity index (χ0) is 18.1. The lowest BCUT2D eigenvalue weighted by molar-refractivity contribution is -0.139. The molecular weight excluding hydrogens is 327 g/mol. The molecule has 1 atom stereocenters. The fourth-order valence-electron chi connectivity index (χ4n) is 2.88. The highest BCUT2D eigenvalue weighted by atomic mass is 19.1. The number of likely N-dealkylation sites (tertiary alicyclic amines) is 1. The Kier molecular flexibility index (Phi) is 4.48. The Hall–Kier alpha value is -2.83. The standard InChI is InChI=1S/C18H17FN2O4/c1-10-20-15(16(22)13-9-21(2)18(24)17(13)23)14(25-10)8-5-11-3-6-12(19)7-4-11/h3-4,6-7,13H,5,8-9H2,1-2H3. The molecule has 0 spiro atoms. The summed E-state index contributed by atoms with van der Waals surface area (Å²) >= 11 is 0. The minimum absolute atomic E-state index is 0.0554. The quantitative estimate of drug-likeness (QED) is 0.469. The second-order valence-electron chi connectivity index (χ2n) is 6.10. The van der Waals surface area contributed by atoms with E-state index in [2.05, 4.69) is 4.98 Å². The van der Waals surface area contributed by atoms with Gasteiger partial charge in [-0.15, -0.1) is 0 Å². The van der Waals surface area contributed by atoms with Crippen LogP contribution in [0, 0.1) is 18.7 Å². The molecule has 1 unspecified atom stereocenters. The van der Waals surface area contributed by atoms with Crippen LogP contribution in [0.15, 0.2) is 28.7 Å². The van der Waals surface area contributed by atoms with E-state index in [9.17, 15) is 18.8 Å². The average molecular weight is 344 g/mol. The molecule has 0 radical (unpaired) electrons. The molecule has 0 N–H and O–H groups in total. The number of benzene rings is 1. The largest absolute Gasteiger partial charge is 0.445 e. The van der Waals surface area contributed by atoms with E-state index >= 15 is 0 Å². The molecule has 2 heterocycles. The Morgan fingerprint density at radius 3 is 2.56 bits per heavy atom. The Balaban J connectivity index is 1.78. The van der Waals surface area contributed by atoms with Gasteiger partial charge in [-0.25, -0.2) is 9.37 Å². The first-order valence-corrected chi connectivity index (χ1v) is 7.91. The fourth-order valence-corrected chi connectivity index (χ4v) is 2.88. The number of Topliss-reactive ketones (excluding diaryl/α,β-unsaturated/α-hetero) is 2. The molecule has 1 fully saturated rings. The topological polar surface area (TPSA) is 80.5 Å². The number of aryl methyl sites for hydroxylation is 3. The molecular formula is C18H17FN2O4. The van der Waals surface area contributed by atoms with Gasteiger partial charge in [0.05, 0.1) is 0 Å². The summed E-state index contributed by atoms with van der Waals surface area (Å²) in [5, 5.41) is 0. The molecule has 1 aromatic carbocycles. The van der Waals surface area contributed by atoms with Gasteiger partial charge < -0.3 is 9.32 Å². The number of oxazole rings is 1. The maximum atomic E-state index is 13.0. The van der Waals surface area contributed by atoms with Crippen molar-refractivity contribution in [2.45, 2.75) is 19.8 Å². The van der Waals surface area contributed by atoms with Crippen LogP contribution in [0.5, 0.6) is 0 Å². The molecule has 2 aromatic rings. The van der Waals surface area contributed by atoms with Crippen molar-refractivity contribution in [3.63, 3.8) is 0 Å². The number of halogens is 1. The summed E-state index contributed by atoms with van der Waals surface area (Å²) in [6.07, 6.45) is 0.922. The lowest BCUT2D eigenvalue weighted by Crippen LogP contribution is -2.25. The number of rotatable bonds is 5. The number of hydrogen-bond acceptors (Lipinski definition) is 5. The van der Waals surface area contributed by atoms with Crippen LogP contribution >= 0.6 is 0 Å². The molecule has 25 heavy (non-hydrogen) atoms. The van der Waals surface area contributed by atoms with Crippen molar-refractivity contribution >= 4 is 17.5 Å². The van der Waals surface area contributed by atoms with E-state index in [1.54, 1.807) is 19.1 Å². The van der Waals surface area contributed by atoms with E-state index in [1.165, 1.54) is 24.1 Å². The summed E-state index contributed by atoms with van der Waals surface area (Å²) in [6.45, 7) is 1.67. The van der Waals surface area contributed by atoms with Gasteiger partial charge in [-0.3, -0.25) is 14.4 Å². The van der Waals surface area contributed by atoms with Crippen molar-refractivity contribution in [3.8, 4) is 0 Å². The first-order valence-electron chi connectivity index (χ1n) is 7.91. The number of carbonyl (C=O) groups excluding carboxylic acids is 3. The van der Waals surface area contributed by atoms with Crippen LogP contribution in [-0.2, 0) is 22.4 Å². The normalized spacial score (nSPS) is 17.4. The van der Waals surface area contributed by atoms with Crippen LogP contribution in [0.4, 0.5) is 4.39 Å². The number of nitrogens with zero attached hydrogens (tertiary/aromatic N) is 2. The first-order chi connectivity index (χ1) is 11.9. The number of likely N-dealkylation sites (N-methyl/N-ethyl adjacent to an activating group) is 1. The van der Waals surface area contributed by atoms with Gasteiger partial charge in [-0.1, -0.05) is 12.1 Å². The zero-order valence-electron chi connectivity index (χ0n) is 13.9. The van der Waals surface area contributed by atoms with Crippen molar-refractivity contribution in [2.24, 2.45) is 5.92 Å². The van der Waals surface area contributed by atoms with Gasteiger partial charge in [-0.05, 0) is 24.1 Å². The molecule has 1 aliphatic heterocycles. The molecule has 1 saturated heterocycles.